The first kappa shape index (κ1) is 15.7. The van der Waals surface area contributed by atoms with Crippen LogP contribution in [0.4, 0.5) is 13.2 Å². The molecular weight excluding hydrogens is 257 g/mol. The normalized spacial score (nSPS) is 9.65. The van der Waals surface area contributed by atoms with E-state index in [1.807, 2.05) is 0 Å². The Labute approximate surface area is 103 Å². The van der Waals surface area contributed by atoms with E-state index >= 15 is 0 Å². The van der Waals surface area contributed by atoms with E-state index in [9.17, 15) is 18.0 Å². The summed E-state index contributed by atoms with van der Waals surface area (Å²) in [5, 5.41) is 2.34. The molecule has 0 fully saturated rings. The Morgan fingerprint density at radius 2 is 1.88 bits per heavy atom. The van der Waals surface area contributed by atoms with E-state index in [-0.39, 0.29) is 19.0 Å². The van der Waals surface area contributed by atoms with E-state index in [4.69, 9.17) is 5.73 Å². The van der Waals surface area contributed by atoms with E-state index in [0.29, 0.717) is 19.0 Å². The lowest BCUT2D eigenvalue weighted by Crippen LogP contribution is -2.27. The third-order valence-corrected chi connectivity index (χ3v) is 1.95. The third kappa shape index (κ3) is 3.90. The van der Waals surface area contributed by atoms with Gasteiger partial charge in [0.25, 0.3) is 5.91 Å². The van der Waals surface area contributed by atoms with Gasteiger partial charge in [-0.1, -0.05) is 0 Å². The topological polar surface area (TPSA) is 55.1 Å². The first-order valence-corrected chi connectivity index (χ1v) is 4.69. The van der Waals surface area contributed by atoms with Crippen molar-refractivity contribution in [3.63, 3.8) is 0 Å². The zero-order valence-corrected chi connectivity index (χ0v) is 9.62. The zero-order chi connectivity index (χ0) is 12.1. The Morgan fingerprint density at radius 3 is 2.47 bits per heavy atom. The lowest BCUT2D eigenvalue weighted by atomic mass is 10.2. The summed E-state index contributed by atoms with van der Waals surface area (Å²) in [6.07, 6.45) is 0.525. The van der Waals surface area contributed by atoms with Gasteiger partial charge in [-0.15, -0.1) is 12.4 Å². The van der Waals surface area contributed by atoms with E-state index in [1.165, 1.54) is 0 Å². The lowest BCUT2D eigenvalue weighted by Gasteiger charge is -2.05. The molecule has 7 heteroatoms. The van der Waals surface area contributed by atoms with Gasteiger partial charge in [0.05, 0.1) is 5.56 Å². The van der Waals surface area contributed by atoms with Crippen LogP contribution in [0.15, 0.2) is 12.1 Å². The van der Waals surface area contributed by atoms with Crippen molar-refractivity contribution in [1.29, 1.82) is 0 Å². The third-order valence-electron chi connectivity index (χ3n) is 1.95. The molecule has 1 rings (SSSR count). The van der Waals surface area contributed by atoms with Crippen molar-refractivity contribution in [2.45, 2.75) is 6.42 Å². The van der Waals surface area contributed by atoms with E-state index in [2.05, 4.69) is 5.32 Å². The van der Waals surface area contributed by atoms with Crippen molar-refractivity contribution in [2.24, 2.45) is 5.73 Å². The maximum Gasteiger partial charge on any atom is 0.254 e. The summed E-state index contributed by atoms with van der Waals surface area (Å²) in [7, 11) is 0. The smallest absolute Gasteiger partial charge is 0.254 e. The molecule has 1 aromatic carbocycles. The standard InChI is InChI=1S/C10H11F3N2O.ClH/c11-7-3-2-6(8(12)9(7)13)10(16)15-5-1-4-14;/h2-3H,1,4-5,14H2,(H,15,16);1H. The molecular formula is C10H12ClF3N2O. The van der Waals surface area contributed by atoms with Crippen LogP contribution in [-0.4, -0.2) is 19.0 Å². The minimum atomic E-state index is -1.65. The van der Waals surface area contributed by atoms with Crippen molar-refractivity contribution in [3.05, 3.63) is 35.1 Å². The van der Waals surface area contributed by atoms with Crippen molar-refractivity contribution in [3.8, 4) is 0 Å². The van der Waals surface area contributed by atoms with Crippen molar-refractivity contribution in [1.82, 2.24) is 5.32 Å². The van der Waals surface area contributed by atoms with Gasteiger partial charge in [0.2, 0.25) is 0 Å². The van der Waals surface area contributed by atoms with Crippen LogP contribution >= 0.6 is 12.4 Å². The molecule has 0 bridgehead atoms. The summed E-state index contributed by atoms with van der Waals surface area (Å²) in [6, 6.07) is 1.60. The molecule has 1 amide bonds. The summed E-state index contributed by atoms with van der Waals surface area (Å²) in [6.45, 7) is 0.633. The van der Waals surface area contributed by atoms with Crippen LogP contribution in [0, 0.1) is 17.5 Å². The summed E-state index contributed by atoms with van der Waals surface area (Å²) >= 11 is 0. The Kier molecular flexibility index (Phi) is 6.60. The highest BCUT2D eigenvalue weighted by Gasteiger charge is 2.18. The average molecular weight is 269 g/mol. The molecule has 0 unspecified atom stereocenters. The number of hydrogen-bond acceptors (Lipinski definition) is 2. The molecule has 1 aromatic rings. The number of hydrogen-bond donors (Lipinski definition) is 2. The molecule has 0 aliphatic rings. The highest BCUT2D eigenvalue weighted by molar-refractivity contribution is 5.94. The fourth-order valence-corrected chi connectivity index (χ4v) is 1.10. The highest BCUT2D eigenvalue weighted by atomic mass is 35.5. The largest absolute Gasteiger partial charge is 0.352 e. The number of benzene rings is 1. The van der Waals surface area contributed by atoms with Gasteiger partial charge < -0.3 is 11.1 Å². The summed E-state index contributed by atoms with van der Waals surface area (Å²) in [4.78, 5) is 11.3. The van der Waals surface area contributed by atoms with Gasteiger partial charge in [-0.25, -0.2) is 13.2 Å². The average Bonchev–Trinajstić information content (AvgIpc) is 2.26. The molecule has 0 atom stereocenters. The van der Waals surface area contributed by atoms with Gasteiger partial charge in [0.1, 0.15) is 0 Å². The number of nitrogens with two attached hydrogens (primary N) is 1. The minimum Gasteiger partial charge on any atom is -0.352 e. The maximum absolute atomic E-state index is 13.1. The first-order chi connectivity index (χ1) is 7.57. The molecule has 0 aliphatic heterocycles. The maximum atomic E-state index is 13.1. The SMILES string of the molecule is Cl.NCCCNC(=O)c1ccc(F)c(F)c1F. The van der Waals surface area contributed by atoms with Gasteiger partial charge in [0.15, 0.2) is 17.5 Å². The fraction of sp³-hybridized carbons (Fsp3) is 0.300. The molecule has 0 saturated heterocycles. The van der Waals surface area contributed by atoms with Crippen molar-refractivity contribution < 1.29 is 18.0 Å². The molecule has 0 spiro atoms. The molecule has 3 N–H and O–H groups in total. The fourth-order valence-electron chi connectivity index (χ4n) is 1.10. The molecule has 3 nitrogen and oxygen atoms in total. The Bertz CT molecular complexity index is 401. The molecule has 0 heterocycles. The van der Waals surface area contributed by atoms with E-state index in [1.54, 1.807) is 0 Å². The van der Waals surface area contributed by atoms with Crippen LogP contribution in [0.3, 0.4) is 0 Å². The lowest BCUT2D eigenvalue weighted by molar-refractivity contribution is 0.0948. The summed E-state index contributed by atoms with van der Waals surface area (Å²) in [5.41, 5.74) is 4.67. The van der Waals surface area contributed by atoms with Crippen LogP contribution in [0.25, 0.3) is 0 Å². The molecule has 17 heavy (non-hydrogen) atoms. The second kappa shape index (κ2) is 7.13. The van der Waals surface area contributed by atoms with Crippen molar-refractivity contribution >= 4 is 18.3 Å². The minimum absolute atomic E-state index is 0. The molecule has 0 saturated carbocycles. The number of carbonyl (C=O) groups excluding carboxylic acids is 1. The van der Waals surface area contributed by atoms with Crippen LogP contribution in [0.5, 0.6) is 0 Å². The van der Waals surface area contributed by atoms with Gasteiger partial charge in [-0.3, -0.25) is 4.79 Å². The number of nitrogens with one attached hydrogen (secondary N) is 1. The van der Waals surface area contributed by atoms with Gasteiger partial charge >= 0.3 is 0 Å². The van der Waals surface area contributed by atoms with Gasteiger partial charge in [0, 0.05) is 6.54 Å². The molecule has 0 aliphatic carbocycles. The molecule has 0 radical (unpaired) electrons. The van der Waals surface area contributed by atoms with Gasteiger partial charge in [-0.2, -0.15) is 0 Å². The number of carbonyl (C=O) groups is 1. The number of rotatable bonds is 4. The number of halogens is 4. The molecule has 0 aromatic heterocycles. The highest BCUT2D eigenvalue weighted by Crippen LogP contribution is 2.14. The first-order valence-electron chi connectivity index (χ1n) is 4.69. The van der Waals surface area contributed by atoms with Gasteiger partial charge in [-0.05, 0) is 25.1 Å². The Balaban J connectivity index is 0.00000256. The summed E-state index contributed by atoms with van der Waals surface area (Å²) in [5.74, 6) is -5.24. The predicted octanol–water partition coefficient (Wildman–Crippen LogP) is 1.60. The van der Waals surface area contributed by atoms with E-state index < -0.39 is 28.9 Å². The van der Waals surface area contributed by atoms with Crippen molar-refractivity contribution in [2.75, 3.05) is 13.1 Å². The zero-order valence-electron chi connectivity index (χ0n) is 8.80. The van der Waals surface area contributed by atoms with Crippen LogP contribution < -0.4 is 11.1 Å². The van der Waals surface area contributed by atoms with E-state index in [0.717, 1.165) is 6.07 Å². The predicted molar refractivity (Wildman–Crippen MR) is 59.6 cm³/mol. The van der Waals surface area contributed by atoms with Crippen LogP contribution in [0.1, 0.15) is 16.8 Å². The summed E-state index contributed by atoms with van der Waals surface area (Å²) < 4.78 is 38.5. The second-order valence-electron chi connectivity index (χ2n) is 3.12. The monoisotopic (exact) mass is 268 g/mol. The number of amides is 1. The second-order valence-corrected chi connectivity index (χ2v) is 3.12. The Hall–Kier alpha value is -1.27. The quantitative estimate of drug-likeness (QED) is 0.644. The van der Waals surface area contributed by atoms with Crippen LogP contribution in [-0.2, 0) is 0 Å². The van der Waals surface area contributed by atoms with Crippen LogP contribution in [0.2, 0.25) is 0 Å². The Morgan fingerprint density at radius 1 is 1.24 bits per heavy atom. The molecule has 96 valence electrons.